The first-order valence-corrected chi connectivity index (χ1v) is 8.39. The van der Waals surface area contributed by atoms with Crippen molar-refractivity contribution in [2.24, 2.45) is 5.92 Å². The lowest BCUT2D eigenvalue weighted by atomic mass is 10.0. The lowest BCUT2D eigenvalue weighted by molar-refractivity contribution is -0.143. The molecule has 1 amide bonds. The molecule has 1 aromatic carbocycles. The zero-order valence-electron chi connectivity index (χ0n) is 13.8. The number of benzene rings is 1. The van der Waals surface area contributed by atoms with Crippen molar-refractivity contribution in [1.29, 1.82) is 0 Å². The van der Waals surface area contributed by atoms with Crippen LogP contribution in [0, 0.1) is 5.92 Å². The molecule has 0 saturated heterocycles. The molecule has 6 nitrogen and oxygen atoms in total. The number of thiazole rings is 1. The smallest absolute Gasteiger partial charge is 0.326 e. The van der Waals surface area contributed by atoms with Gasteiger partial charge in [-0.25, -0.2) is 9.78 Å². The van der Waals surface area contributed by atoms with Crippen LogP contribution in [-0.2, 0) is 16.0 Å². The molecular formula is C17H20N2O4S. The number of hydrogen-bond donors (Lipinski definition) is 2. The van der Waals surface area contributed by atoms with Gasteiger partial charge in [-0.3, -0.25) is 4.79 Å². The van der Waals surface area contributed by atoms with Crippen LogP contribution in [0.5, 0.6) is 5.75 Å². The number of carboxylic acid groups (broad SMARTS) is 1. The SMILES string of the molecule is COc1cccc(-c2nc(CC(=O)N[C@H](C(=O)O)C(C)C)cs2)c1. The molecule has 24 heavy (non-hydrogen) atoms. The van der Waals surface area contributed by atoms with Gasteiger partial charge in [-0.1, -0.05) is 26.0 Å². The lowest BCUT2D eigenvalue weighted by Crippen LogP contribution is -2.44. The minimum Gasteiger partial charge on any atom is -0.497 e. The van der Waals surface area contributed by atoms with Crippen LogP contribution < -0.4 is 10.1 Å². The van der Waals surface area contributed by atoms with E-state index in [9.17, 15) is 9.59 Å². The van der Waals surface area contributed by atoms with Gasteiger partial charge in [0.1, 0.15) is 16.8 Å². The van der Waals surface area contributed by atoms with Crippen molar-refractivity contribution in [2.75, 3.05) is 7.11 Å². The van der Waals surface area contributed by atoms with E-state index in [-0.39, 0.29) is 18.2 Å². The summed E-state index contributed by atoms with van der Waals surface area (Å²) in [6, 6.07) is 6.63. The van der Waals surface area contributed by atoms with Gasteiger partial charge in [-0.15, -0.1) is 11.3 Å². The molecule has 0 aliphatic rings. The Morgan fingerprint density at radius 1 is 1.38 bits per heavy atom. The second kappa shape index (κ2) is 7.92. The average molecular weight is 348 g/mol. The molecule has 0 fully saturated rings. The Labute approximate surface area is 144 Å². The van der Waals surface area contributed by atoms with E-state index in [0.29, 0.717) is 5.69 Å². The highest BCUT2D eigenvalue weighted by Crippen LogP contribution is 2.27. The summed E-state index contributed by atoms with van der Waals surface area (Å²) >= 11 is 1.43. The van der Waals surface area contributed by atoms with Crippen LogP contribution in [0.25, 0.3) is 10.6 Å². The molecule has 2 N–H and O–H groups in total. The van der Waals surface area contributed by atoms with Gasteiger partial charge in [0.25, 0.3) is 0 Å². The summed E-state index contributed by atoms with van der Waals surface area (Å²) in [6.07, 6.45) is 0.0525. The molecule has 0 aliphatic heterocycles. The first-order valence-electron chi connectivity index (χ1n) is 7.51. The quantitative estimate of drug-likeness (QED) is 0.803. The van der Waals surface area contributed by atoms with E-state index in [1.165, 1.54) is 11.3 Å². The lowest BCUT2D eigenvalue weighted by Gasteiger charge is -2.17. The van der Waals surface area contributed by atoms with Crippen LogP contribution in [0.15, 0.2) is 29.6 Å². The van der Waals surface area contributed by atoms with Gasteiger partial charge >= 0.3 is 5.97 Å². The number of aliphatic carboxylic acids is 1. The van der Waals surface area contributed by atoms with Crippen molar-refractivity contribution in [3.05, 3.63) is 35.3 Å². The van der Waals surface area contributed by atoms with Crippen LogP contribution >= 0.6 is 11.3 Å². The molecule has 1 atom stereocenters. The number of rotatable bonds is 7. The number of methoxy groups -OCH3 is 1. The minimum absolute atomic E-state index is 0.0525. The van der Waals surface area contributed by atoms with E-state index >= 15 is 0 Å². The van der Waals surface area contributed by atoms with Gasteiger partial charge in [0.2, 0.25) is 5.91 Å². The molecule has 128 valence electrons. The van der Waals surface area contributed by atoms with E-state index in [1.54, 1.807) is 26.3 Å². The maximum atomic E-state index is 12.0. The van der Waals surface area contributed by atoms with Crippen LogP contribution in [0.4, 0.5) is 0 Å². The number of nitrogens with zero attached hydrogens (tertiary/aromatic N) is 1. The van der Waals surface area contributed by atoms with Gasteiger partial charge in [0, 0.05) is 10.9 Å². The third-order valence-electron chi connectivity index (χ3n) is 3.46. The molecule has 0 spiro atoms. The highest BCUT2D eigenvalue weighted by Gasteiger charge is 2.23. The Kier molecular flexibility index (Phi) is 5.92. The Morgan fingerprint density at radius 2 is 2.12 bits per heavy atom. The number of carbonyl (C=O) groups is 2. The Morgan fingerprint density at radius 3 is 2.75 bits per heavy atom. The number of aromatic nitrogens is 1. The third-order valence-corrected chi connectivity index (χ3v) is 4.40. The number of hydrogen-bond acceptors (Lipinski definition) is 5. The predicted molar refractivity (Wildman–Crippen MR) is 92.2 cm³/mol. The molecule has 2 aromatic rings. The van der Waals surface area contributed by atoms with Crippen molar-refractivity contribution in [3.63, 3.8) is 0 Å². The van der Waals surface area contributed by atoms with Crippen molar-refractivity contribution < 1.29 is 19.4 Å². The summed E-state index contributed by atoms with van der Waals surface area (Å²) in [5.41, 5.74) is 1.53. The Balaban J connectivity index is 2.05. The van der Waals surface area contributed by atoms with Crippen molar-refractivity contribution in [1.82, 2.24) is 10.3 Å². The maximum Gasteiger partial charge on any atom is 0.326 e. The molecule has 0 saturated carbocycles. The van der Waals surface area contributed by atoms with E-state index in [0.717, 1.165) is 16.3 Å². The number of carbonyl (C=O) groups excluding carboxylic acids is 1. The molecule has 2 rings (SSSR count). The number of nitrogens with one attached hydrogen (secondary N) is 1. The molecular weight excluding hydrogens is 328 g/mol. The first kappa shape index (κ1) is 17.9. The molecule has 0 unspecified atom stereocenters. The monoisotopic (exact) mass is 348 g/mol. The summed E-state index contributed by atoms with van der Waals surface area (Å²) in [6.45, 7) is 3.51. The van der Waals surface area contributed by atoms with E-state index < -0.39 is 12.0 Å². The average Bonchev–Trinajstić information content (AvgIpc) is 3.00. The fourth-order valence-electron chi connectivity index (χ4n) is 2.18. The highest BCUT2D eigenvalue weighted by molar-refractivity contribution is 7.13. The second-order valence-electron chi connectivity index (χ2n) is 5.68. The number of carboxylic acids is 1. The zero-order valence-corrected chi connectivity index (χ0v) is 14.6. The summed E-state index contributed by atoms with van der Waals surface area (Å²) in [5.74, 6) is -0.829. The molecule has 1 heterocycles. The van der Waals surface area contributed by atoms with Crippen LogP contribution in [0.3, 0.4) is 0 Å². The van der Waals surface area contributed by atoms with E-state index in [1.807, 2.05) is 24.3 Å². The molecule has 0 aliphatic carbocycles. The van der Waals surface area contributed by atoms with Crippen LogP contribution in [0.2, 0.25) is 0 Å². The summed E-state index contributed by atoms with van der Waals surface area (Å²) < 4.78 is 5.19. The molecule has 1 aromatic heterocycles. The van der Waals surface area contributed by atoms with Gasteiger partial charge in [-0.05, 0) is 18.1 Å². The number of amides is 1. The van der Waals surface area contributed by atoms with Crippen molar-refractivity contribution in [3.8, 4) is 16.3 Å². The van der Waals surface area contributed by atoms with Crippen molar-refractivity contribution >= 4 is 23.2 Å². The minimum atomic E-state index is -1.03. The molecule has 7 heteroatoms. The molecule has 0 radical (unpaired) electrons. The zero-order chi connectivity index (χ0) is 17.7. The largest absolute Gasteiger partial charge is 0.497 e. The highest BCUT2D eigenvalue weighted by atomic mass is 32.1. The summed E-state index contributed by atoms with van der Waals surface area (Å²) in [5, 5.41) is 14.3. The third kappa shape index (κ3) is 4.55. The van der Waals surface area contributed by atoms with Gasteiger partial charge < -0.3 is 15.2 Å². The van der Waals surface area contributed by atoms with Crippen molar-refractivity contribution in [2.45, 2.75) is 26.3 Å². The second-order valence-corrected chi connectivity index (χ2v) is 6.54. The summed E-state index contributed by atoms with van der Waals surface area (Å²) in [7, 11) is 1.60. The van der Waals surface area contributed by atoms with Gasteiger partial charge in [-0.2, -0.15) is 0 Å². The standard InChI is InChI=1S/C17H20N2O4S/c1-10(2)15(17(21)22)19-14(20)8-12-9-24-16(18-12)11-5-4-6-13(7-11)23-3/h4-7,9-10,15H,8H2,1-3H3,(H,19,20)(H,21,22)/t15-/m0/s1. The van der Waals surface area contributed by atoms with Gasteiger partial charge in [0.05, 0.1) is 19.2 Å². The first-order chi connectivity index (χ1) is 11.4. The maximum absolute atomic E-state index is 12.0. The topological polar surface area (TPSA) is 88.5 Å². The Bertz CT molecular complexity index is 727. The fraction of sp³-hybridized carbons (Fsp3) is 0.353. The van der Waals surface area contributed by atoms with Crippen LogP contribution in [-0.4, -0.2) is 35.1 Å². The molecule has 0 bridgehead atoms. The predicted octanol–water partition coefficient (Wildman–Crippen LogP) is 2.59. The Hall–Kier alpha value is -2.41. The van der Waals surface area contributed by atoms with Crippen LogP contribution in [0.1, 0.15) is 19.5 Å². The van der Waals surface area contributed by atoms with Gasteiger partial charge in [0.15, 0.2) is 0 Å². The normalized spacial score (nSPS) is 12.0. The number of ether oxygens (including phenoxy) is 1. The fourth-order valence-corrected chi connectivity index (χ4v) is 3.00. The summed E-state index contributed by atoms with van der Waals surface area (Å²) in [4.78, 5) is 27.6. The van der Waals surface area contributed by atoms with E-state index in [2.05, 4.69) is 10.3 Å². The van der Waals surface area contributed by atoms with E-state index in [4.69, 9.17) is 9.84 Å².